The molecule has 0 aromatic carbocycles. The third-order valence-corrected chi connectivity index (χ3v) is 3.29. The van der Waals surface area contributed by atoms with Gasteiger partial charge < -0.3 is 15.5 Å². The lowest BCUT2D eigenvalue weighted by molar-refractivity contribution is -0.126. The number of hydrogen-bond acceptors (Lipinski definition) is 4. The molecule has 0 aliphatic rings. The van der Waals surface area contributed by atoms with Crippen molar-refractivity contribution in [1.82, 2.24) is 10.2 Å². The number of rotatable bonds is 7. The van der Waals surface area contributed by atoms with Gasteiger partial charge in [0, 0.05) is 6.54 Å². The van der Waals surface area contributed by atoms with Crippen molar-refractivity contribution < 1.29 is 9.21 Å². The van der Waals surface area contributed by atoms with Crippen molar-refractivity contribution in [3.05, 3.63) is 24.2 Å². The van der Waals surface area contributed by atoms with E-state index in [0.717, 1.165) is 12.3 Å². The molecule has 0 aliphatic heterocycles. The Morgan fingerprint density at radius 1 is 1.58 bits per heavy atom. The number of likely N-dealkylation sites (N-methyl/N-ethyl adjacent to an activating group) is 1. The van der Waals surface area contributed by atoms with E-state index in [2.05, 4.69) is 19.2 Å². The number of carbonyl (C=O) groups excluding carboxylic acids is 1. The summed E-state index contributed by atoms with van der Waals surface area (Å²) < 4.78 is 5.18. The zero-order valence-electron chi connectivity index (χ0n) is 12.3. The number of hydrogen-bond donors (Lipinski definition) is 2. The highest BCUT2D eigenvalue weighted by Gasteiger charge is 2.24. The van der Waals surface area contributed by atoms with Gasteiger partial charge in [-0.1, -0.05) is 13.8 Å². The van der Waals surface area contributed by atoms with Crippen molar-refractivity contribution in [3.8, 4) is 0 Å². The van der Waals surface area contributed by atoms with Crippen molar-refractivity contribution in [3.63, 3.8) is 0 Å². The fourth-order valence-electron chi connectivity index (χ4n) is 1.81. The summed E-state index contributed by atoms with van der Waals surface area (Å²) in [5.74, 6) is 0.747. The molecule has 1 heterocycles. The third-order valence-electron chi connectivity index (χ3n) is 3.29. The molecule has 1 aromatic rings. The van der Waals surface area contributed by atoms with Gasteiger partial charge in [0.1, 0.15) is 5.76 Å². The molecule has 0 aliphatic carbocycles. The zero-order valence-corrected chi connectivity index (χ0v) is 12.3. The molecule has 0 spiro atoms. The number of furan rings is 1. The van der Waals surface area contributed by atoms with Gasteiger partial charge >= 0.3 is 0 Å². The normalized spacial score (nSPS) is 13.6. The van der Waals surface area contributed by atoms with E-state index in [1.165, 1.54) is 0 Å². The molecule has 5 nitrogen and oxygen atoms in total. The minimum absolute atomic E-state index is 0.00427. The highest BCUT2D eigenvalue weighted by molar-refractivity contribution is 5.81. The van der Waals surface area contributed by atoms with Crippen LogP contribution in [0.2, 0.25) is 0 Å². The SMILES string of the molecule is CC(C(=O)NCc1ccco1)N(C)CC(C)(C)CN. The molecule has 1 atom stereocenters. The Bertz CT molecular complexity index is 387. The van der Waals surface area contributed by atoms with E-state index < -0.39 is 0 Å². The molecule has 0 bridgehead atoms. The van der Waals surface area contributed by atoms with E-state index >= 15 is 0 Å². The number of amides is 1. The van der Waals surface area contributed by atoms with Gasteiger partial charge in [-0.2, -0.15) is 0 Å². The summed E-state index contributed by atoms with van der Waals surface area (Å²) in [6.07, 6.45) is 1.60. The second-order valence-corrected chi connectivity index (χ2v) is 5.76. The summed E-state index contributed by atoms with van der Waals surface area (Å²) in [6, 6.07) is 3.45. The third kappa shape index (κ3) is 5.04. The average molecular weight is 267 g/mol. The zero-order chi connectivity index (χ0) is 14.5. The predicted molar refractivity (Wildman–Crippen MR) is 75.5 cm³/mol. The van der Waals surface area contributed by atoms with E-state index in [1.54, 1.807) is 12.3 Å². The largest absolute Gasteiger partial charge is 0.467 e. The van der Waals surface area contributed by atoms with Crippen LogP contribution in [0.5, 0.6) is 0 Å². The second kappa shape index (κ2) is 6.73. The number of carbonyl (C=O) groups is 1. The van der Waals surface area contributed by atoms with Crippen molar-refractivity contribution >= 4 is 5.91 Å². The van der Waals surface area contributed by atoms with Crippen LogP contribution in [0.3, 0.4) is 0 Å². The Morgan fingerprint density at radius 2 is 2.26 bits per heavy atom. The van der Waals surface area contributed by atoms with Crippen LogP contribution in [0.25, 0.3) is 0 Å². The Morgan fingerprint density at radius 3 is 2.79 bits per heavy atom. The van der Waals surface area contributed by atoms with E-state index in [0.29, 0.717) is 13.1 Å². The van der Waals surface area contributed by atoms with Gasteiger partial charge in [0.25, 0.3) is 0 Å². The molecular weight excluding hydrogens is 242 g/mol. The van der Waals surface area contributed by atoms with Crippen LogP contribution >= 0.6 is 0 Å². The number of nitrogens with two attached hydrogens (primary N) is 1. The van der Waals surface area contributed by atoms with Crippen LogP contribution in [-0.4, -0.2) is 37.0 Å². The van der Waals surface area contributed by atoms with Crippen LogP contribution in [0.15, 0.2) is 22.8 Å². The van der Waals surface area contributed by atoms with E-state index in [1.807, 2.05) is 24.9 Å². The monoisotopic (exact) mass is 267 g/mol. The summed E-state index contributed by atoms with van der Waals surface area (Å²) in [5, 5.41) is 2.86. The summed E-state index contributed by atoms with van der Waals surface area (Å²) in [7, 11) is 1.94. The predicted octanol–water partition coefficient (Wildman–Crippen LogP) is 1.20. The van der Waals surface area contributed by atoms with Crippen molar-refractivity contribution in [1.29, 1.82) is 0 Å². The maximum atomic E-state index is 12.0. The molecule has 19 heavy (non-hydrogen) atoms. The lowest BCUT2D eigenvalue weighted by atomic mass is 9.93. The van der Waals surface area contributed by atoms with Crippen LogP contribution in [-0.2, 0) is 11.3 Å². The molecular formula is C14H25N3O2. The molecule has 5 heteroatoms. The van der Waals surface area contributed by atoms with Crippen molar-refractivity contribution in [2.24, 2.45) is 11.1 Å². The van der Waals surface area contributed by atoms with Gasteiger partial charge in [-0.05, 0) is 38.1 Å². The molecule has 1 aromatic heterocycles. The number of nitrogens with one attached hydrogen (secondary N) is 1. The number of nitrogens with zero attached hydrogens (tertiary/aromatic N) is 1. The maximum Gasteiger partial charge on any atom is 0.237 e. The topological polar surface area (TPSA) is 71.5 Å². The molecule has 0 fully saturated rings. The van der Waals surface area contributed by atoms with Gasteiger partial charge in [-0.3, -0.25) is 9.69 Å². The highest BCUT2D eigenvalue weighted by atomic mass is 16.3. The summed E-state index contributed by atoms with van der Waals surface area (Å²) in [6.45, 7) is 7.87. The van der Waals surface area contributed by atoms with Gasteiger partial charge in [-0.25, -0.2) is 0 Å². The second-order valence-electron chi connectivity index (χ2n) is 5.76. The first-order valence-corrected chi connectivity index (χ1v) is 6.56. The van der Waals surface area contributed by atoms with Gasteiger partial charge in [-0.15, -0.1) is 0 Å². The van der Waals surface area contributed by atoms with E-state index in [-0.39, 0.29) is 17.4 Å². The smallest absolute Gasteiger partial charge is 0.237 e. The fourth-order valence-corrected chi connectivity index (χ4v) is 1.81. The molecule has 1 unspecified atom stereocenters. The molecule has 0 radical (unpaired) electrons. The Hall–Kier alpha value is -1.33. The van der Waals surface area contributed by atoms with E-state index in [4.69, 9.17) is 10.2 Å². The molecule has 0 saturated carbocycles. The maximum absolute atomic E-state index is 12.0. The molecule has 108 valence electrons. The van der Waals surface area contributed by atoms with Gasteiger partial charge in [0.05, 0.1) is 18.8 Å². The summed E-state index contributed by atoms with van der Waals surface area (Å²) in [5.41, 5.74) is 5.72. The van der Waals surface area contributed by atoms with Gasteiger partial charge in [0.15, 0.2) is 0 Å². The summed E-state index contributed by atoms with van der Waals surface area (Å²) in [4.78, 5) is 14.0. The van der Waals surface area contributed by atoms with Crippen LogP contribution in [0, 0.1) is 5.41 Å². The molecule has 0 saturated heterocycles. The Labute approximate surface area is 115 Å². The van der Waals surface area contributed by atoms with Crippen molar-refractivity contribution in [2.45, 2.75) is 33.4 Å². The van der Waals surface area contributed by atoms with Gasteiger partial charge in [0.2, 0.25) is 5.91 Å². The minimum atomic E-state index is -0.194. The summed E-state index contributed by atoms with van der Waals surface area (Å²) >= 11 is 0. The minimum Gasteiger partial charge on any atom is -0.467 e. The van der Waals surface area contributed by atoms with Crippen molar-refractivity contribution in [2.75, 3.05) is 20.1 Å². The Kier molecular flexibility index (Phi) is 5.57. The van der Waals surface area contributed by atoms with Crippen LogP contribution in [0.4, 0.5) is 0 Å². The van der Waals surface area contributed by atoms with Crippen LogP contribution in [0.1, 0.15) is 26.5 Å². The first-order chi connectivity index (χ1) is 8.85. The molecule has 3 N–H and O–H groups in total. The first kappa shape index (κ1) is 15.7. The molecule has 1 rings (SSSR count). The van der Waals surface area contributed by atoms with Crippen LogP contribution < -0.4 is 11.1 Å². The quantitative estimate of drug-likeness (QED) is 0.778. The lowest BCUT2D eigenvalue weighted by Gasteiger charge is -2.32. The highest BCUT2D eigenvalue weighted by Crippen LogP contribution is 2.15. The molecule has 1 amide bonds. The lowest BCUT2D eigenvalue weighted by Crippen LogP contribution is -2.47. The standard InChI is InChI=1S/C14H25N3O2/c1-11(17(4)10-14(2,3)9-15)13(18)16-8-12-6-5-7-19-12/h5-7,11H,8-10,15H2,1-4H3,(H,16,18). The average Bonchev–Trinajstić information content (AvgIpc) is 2.87. The van der Waals surface area contributed by atoms with E-state index in [9.17, 15) is 4.79 Å². The Balaban J connectivity index is 2.43. The fraction of sp³-hybridized carbons (Fsp3) is 0.643. The first-order valence-electron chi connectivity index (χ1n) is 6.56.